The lowest BCUT2D eigenvalue weighted by Gasteiger charge is -2.31. The molecule has 3 aromatic rings. The molecule has 4 rings (SSSR count). The van der Waals surface area contributed by atoms with Crippen molar-refractivity contribution in [3.05, 3.63) is 41.5 Å². The van der Waals surface area contributed by atoms with Crippen LogP contribution >= 0.6 is 11.8 Å². The first-order valence-corrected chi connectivity index (χ1v) is 10.5. The Labute approximate surface area is 163 Å². The van der Waals surface area contributed by atoms with Gasteiger partial charge in [0.05, 0.1) is 5.69 Å². The van der Waals surface area contributed by atoms with E-state index >= 15 is 0 Å². The smallest absolute Gasteiger partial charge is 0.192 e. The van der Waals surface area contributed by atoms with Crippen LogP contribution in [0.1, 0.15) is 55.7 Å². The van der Waals surface area contributed by atoms with E-state index in [0.717, 1.165) is 39.3 Å². The fourth-order valence-electron chi connectivity index (χ4n) is 3.89. The van der Waals surface area contributed by atoms with Gasteiger partial charge in [0.25, 0.3) is 0 Å². The maximum absolute atomic E-state index is 5.31. The molecule has 0 radical (unpaired) electrons. The highest BCUT2D eigenvalue weighted by molar-refractivity contribution is 7.98. The van der Waals surface area contributed by atoms with E-state index < -0.39 is 0 Å². The minimum Gasteiger partial charge on any atom is -0.361 e. The maximum Gasteiger partial charge on any atom is 0.192 e. The number of thioether (sulfide) groups is 1. The van der Waals surface area contributed by atoms with Gasteiger partial charge in [-0.1, -0.05) is 36.7 Å². The van der Waals surface area contributed by atoms with Gasteiger partial charge in [0.1, 0.15) is 5.76 Å². The van der Waals surface area contributed by atoms with E-state index in [1.807, 2.05) is 26.1 Å². The van der Waals surface area contributed by atoms with Gasteiger partial charge in [-0.15, -0.1) is 10.2 Å². The average Bonchev–Trinajstić information content (AvgIpc) is 3.24. The van der Waals surface area contributed by atoms with Gasteiger partial charge in [0.15, 0.2) is 11.0 Å². The van der Waals surface area contributed by atoms with Crippen molar-refractivity contribution in [1.29, 1.82) is 0 Å². The van der Waals surface area contributed by atoms with Crippen LogP contribution in [0.15, 0.2) is 34.2 Å². The van der Waals surface area contributed by atoms with E-state index in [0.29, 0.717) is 12.0 Å². The molecule has 142 valence electrons. The van der Waals surface area contributed by atoms with E-state index in [-0.39, 0.29) is 0 Å². The Kier molecular flexibility index (Phi) is 5.29. The van der Waals surface area contributed by atoms with Crippen molar-refractivity contribution in [2.24, 2.45) is 5.92 Å². The third kappa shape index (κ3) is 3.65. The number of rotatable bonds is 5. The van der Waals surface area contributed by atoms with Crippen LogP contribution in [-0.2, 0) is 5.75 Å². The Balaban J connectivity index is 1.69. The summed E-state index contributed by atoms with van der Waals surface area (Å²) < 4.78 is 7.66. The highest BCUT2D eigenvalue weighted by atomic mass is 32.2. The van der Waals surface area contributed by atoms with Gasteiger partial charge in [-0.25, -0.2) is 0 Å². The predicted octanol–water partition coefficient (Wildman–Crippen LogP) is 4.99. The lowest BCUT2D eigenvalue weighted by molar-refractivity contribution is 0.247. The van der Waals surface area contributed by atoms with Crippen LogP contribution in [0.4, 0.5) is 0 Å². The SMILES string of the molecule is Cc1noc(C)c1CSc1nnc(-c2cccnc2)n1[C@@H]1CCCC[C@H]1C. The molecule has 1 aliphatic rings. The van der Waals surface area contributed by atoms with Crippen LogP contribution in [0.25, 0.3) is 11.4 Å². The van der Waals surface area contributed by atoms with Crippen molar-refractivity contribution in [3.63, 3.8) is 0 Å². The summed E-state index contributed by atoms with van der Waals surface area (Å²) in [7, 11) is 0. The van der Waals surface area contributed by atoms with Crippen LogP contribution in [0.2, 0.25) is 0 Å². The molecule has 2 atom stereocenters. The summed E-state index contributed by atoms with van der Waals surface area (Å²) in [5.74, 6) is 3.20. The Morgan fingerprint density at radius 2 is 2.07 bits per heavy atom. The van der Waals surface area contributed by atoms with Crippen molar-refractivity contribution in [1.82, 2.24) is 24.9 Å². The first kappa shape index (κ1) is 18.2. The zero-order valence-corrected chi connectivity index (χ0v) is 16.9. The van der Waals surface area contributed by atoms with Gasteiger partial charge < -0.3 is 4.52 Å². The molecular formula is C20H25N5OS. The highest BCUT2D eigenvalue weighted by Crippen LogP contribution is 2.39. The molecule has 1 fully saturated rings. The molecule has 3 aromatic heterocycles. The number of nitrogens with zero attached hydrogens (tertiary/aromatic N) is 5. The summed E-state index contributed by atoms with van der Waals surface area (Å²) in [5, 5.41) is 14.1. The molecular weight excluding hydrogens is 358 g/mol. The van der Waals surface area contributed by atoms with Gasteiger partial charge in [-0.2, -0.15) is 0 Å². The normalized spacial score (nSPS) is 20.1. The molecule has 7 heteroatoms. The van der Waals surface area contributed by atoms with E-state index in [2.05, 4.69) is 37.9 Å². The molecule has 0 aliphatic heterocycles. The molecule has 6 nitrogen and oxygen atoms in total. The summed E-state index contributed by atoms with van der Waals surface area (Å²) in [5.41, 5.74) is 3.12. The van der Waals surface area contributed by atoms with Crippen LogP contribution in [-0.4, -0.2) is 24.9 Å². The Hall–Kier alpha value is -2.15. The number of pyridine rings is 1. The van der Waals surface area contributed by atoms with Crippen LogP contribution in [0.5, 0.6) is 0 Å². The second-order valence-corrected chi connectivity index (χ2v) is 8.28. The van der Waals surface area contributed by atoms with Crippen molar-refractivity contribution < 1.29 is 4.52 Å². The van der Waals surface area contributed by atoms with E-state index in [9.17, 15) is 0 Å². The monoisotopic (exact) mass is 383 g/mol. The van der Waals surface area contributed by atoms with Gasteiger partial charge in [0, 0.05) is 35.3 Å². The van der Waals surface area contributed by atoms with Gasteiger partial charge >= 0.3 is 0 Å². The fraction of sp³-hybridized carbons (Fsp3) is 0.500. The summed E-state index contributed by atoms with van der Waals surface area (Å²) >= 11 is 1.71. The summed E-state index contributed by atoms with van der Waals surface area (Å²) in [4.78, 5) is 4.28. The molecule has 0 spiro atoms. The highest BCUT2D eigenvalue weighted by Gasteiger charge is 2.29. The quantitative estimate of drug-likeness (QED) is 0.578. The average molecular weight is 384 g/mol. The number of hydrogen-bond acceptors (Lipinski definition) is 6. The molecule has 0 amide bonds. The fourth-order valence-corrected chi connectivity index (χ4v) is 5.04. The molecule has 0 bridgehead atoms. The largest absolute Gasteiger partial charge is 0.361 e. The third-order valence-corrected chi connectivity index (χ3v) is 6.48. The predicted molar refractivity (Wildman–Crippen MR) is 105 cm³/mol. The molecule has 0 unspecified atom stereocenters. The Morgan fingerprint density at radius 1 is 1.22 bits per heavy atom. The first-order chi connectivity index (χ1) is 13.1. The van der Waals surface area contributed by atoms with Gasteiger partial charge in [-0.3, -0.25) is 9.55 Å². The second kappa shape index (κ2) is 7.84. The zero-order valence-electron chi connectivity index (χ0n) is 16.1. The minimum absolute atomic E-state index is 0.427. The molecule has 27 heavy (non-hydrogen) atoms. The number of hydrogen-bond donors (Lipinski definition) is 0. The van der Waals surface area contributed by atoms with Gasteiger partial charge in [0.2, 0.25) is 0 Å². The minimum atomic E-state index is 0.427. The van der Waals surface area contributed by atoms with E-state index in [1.165, 1.54) is 25.7 Å². The molecule has 1 saturated carbocycles. The topological polar surface area (TPSA) is 69.6 Å². The van der Waals surface area contributed by atoms with Crippen molar-refractivity contribution in [2.75, 3.05) is 0 Å². The summed E-state index contributed by atoms with van der Waals surface area (Å²) in [6, 6.07) is 4.44. The van der Waals surface area contributed by atoms with Crippen molar-refractivity contribution >= 4 is 11.8 Å². The summed E-state index contributed by atoms with van der Waals surface area (Å²) in [6.45, 7) is 6.30. The molecule has 0 aromatic carbocycles. The molecule has 0 saturated heterocycles. The van der Waals surface area contributed by atoms with Gasteiger partial charge in [-0.05, 0) is 44.7 Å². The van der Waals surface area contributed by atoms with Crippen LogP contribution < -0.4 is 0 Å². The number of aromatic nitrogens is 5. The lowest BCUT2D eigenvalue weighted by Crippen LogP contribution is -2.22. The standard InChI is InChI=1S/C20H25N5OS/c1-13-7-4-5-9-18(13)25-19(16-8-6-10-21-11-16)22-23-20(25)27-12-17-14(2)24-26-15(17)3/h6,8,10-11,13,18H,4-5,7,9,12H2,1-3H3/t13-,18-/m1/s1. The van der Waals surface area contributed by atoms with E-state index in [4.69, 9.17) is 4.52 Å². The Morgan fingerprint density at radius 3 is 2.78 bits per heavy atom. The summed E-state index contributed by atoms with van der Waals surface area (Å²) in [6.07, 6.45) is 8.66. The molecule has 0 N–H and O–H groups in total. The number of aryl methyl sites for hydroxylation is 2. The first-order valence-electron chi connectivity index (χ1n) is 9.55. The van der Waals surface area contributed by atoms with Crippen molar-refractivity contribution in [2.45, 2.75) is 63.4 Å². The second-order valence-electron chi connectivity index (χ2n) is 7.34. The molecule has 1 aliphatic carbocycles. The van der Waals surface area contributed by atoms with Crippen LogP contribution in [0.3, 0.4) is 0 Å². The third-order valence-electron chi connectivity index (χ3n) is 5.51. The maximum atomic E-state index is 5.31. The zero-order chi connectivity index (χ0) is 18.8. The lowest BCUT2D eigenvalue weighted by atomic mass is 9.85. The van der Waals surface area contributed by atoms with E-state index in [1.54, 1.807) is 18.0 Å². The van der Waals surface area contributed by atoms with Crippen LogP contribution in [0, 0.1) is 19.8 Å². The van der Waals surface area contributed by atoms with Crippen molar-refractivity contribution in [3.8, 4) is 11.4 Å². The molecule has 3 heterocycles. The Bertz CT molecular complexity index is 885.